The van der Waals surface area contributed by atoms with E-state index in [1.807, 2.05) is 5.38 Å². The third-order valence-electron chi connectivity index (χ3n) is 2.23. The highest BCUT2D eigenvalue weighted by atomic mass is 35.5. The number of rotatable bonds is 5. The van der Waals surface area contributed by atoms with Crippen molar-refractivity contribution >= 4 is 34.5 Å². The zero-order valence-electron chi connectivity index (χ0n) is 9.33. The minimum atomic E-state index is -0.528. The van der Waals surface area contributed by atoms with Gasteiger partial charge in [0.15, 0.2) is 11.6 Å². The molecular formula is C12H10Cl2FNOS. The van der Waals surface area contributed by atoms with Crippen molar-refractivity contribution in [3.05, 3.63) is 45.1 Å². The molecule has 96 valence electrons. The van der Waals surface area contributed by atoms with Gasteiger partial charge < -0.3 is 4.74 Å². The molecule has 0 aliphatic rings. The van der Waals surface area contributed by atoms with Gasteiger partial charge in [0.05, 0.1) is 28.2 Å². The van der Waals surface area contributed by atoms with Crippen molar-refractivity contribution in [2.75, 3.05) is 6.61 Å². The minimum absolute atomic E-state index is 0.0613. The first-order valence-corrected chi connectivity index (χ1v) is 7.06. The first-order valence-electron chi connectivity index (χ1n) is 5.26. The molecular weight excluding hydrogens is 296 g/mol. The summed E-state index contributed by atoms with van der Waals surface area (Å²) in [7, 11) is 0. The van der Waals surface area contributed by atoms with Crippen LogP contribution in [-0.4, -0.2) is 11.6 Å². The molecule has 0 amide bonds. The summed E-state index contributed by atoms with van der Waals surface area (Å²) in [6.45, 7) is 0.354. The van der Waals surface area contributed by atoms with Gasteiger partial charge in [0.2, 0.25) is 0 Å². The van der Waals surface area contributed by atoms with Crippen LogP contribution in [0.1, 0.15) is 10.7 Å². The molecule has 2 nitrogen and oxygen atoms in total. The summed E-state index contributed by atoms with van der Waals surface area (Å²) in [5, 5.41) is 2.89. The molecule has 1 heterocycles. The van der Waals surface area contributed by atoms with Crippen LogP contribution in [0, 0.1) is 5.82 Å². The number of thiazole rings is 1. The molecule has 0 aliphatic heterocycles. The quantitative estimate of drug-likeness (QED) is 0.769. The average molecular weight is 306 g/mol. The van der Waals surface area contributed by atoms with Crippen molar-refractivity contribution in [1.29, 1.82) is 0 Å². The lowest BCUT2D eigenvalue weighted by Gasteiger charge is -2.06. The highest BCUT2D eigenvalue weighted by molar-refractivity contribution is 7.09. The van der Waals surface area contributed by atoms with Gasteiger partial charge in [-0.2, -0.15) is 0 Å². The van der Waals surface area contributed by atoms with Crippen LogP contribution < -0.4 is 4.74 Å². The molecule has 0 spiro atoms. The smallest absolute Gasteiger partial charge is 0.183 e. The van der Waals surface area contributed by atoms with Crippen LogP contribution in [-0.2, 0) is 12.3 Å². The fourth-order valence-electron chi connectivity index (χ4n) is 1.37. The van der Waals surface area contributed by atoms with Crippen molar-refractivity contribution in [3.63, 3.8) is 0 Å². The van der Waals surface area contributed by atoms with E-state index in [-0.39, 0.29) is 10.8 Å². The zero-order chi connectivity index (χ0) is 13.0. The molecule has 0 saturated carbocycles. The molecule has 0 aliphatic carbocycles. The van der Waals surface area contributed by atoms with E-state index in [0.29, 0.717) is 18.9 Å². The Bertz CT molecular complexity index is 533. The van der Waals surface area contributed by atoms with Gasteiger partial charge in [0.1, 0.15) is 0 Å². The summed E-state index contributed by atoms with van der Waals surface area (Å²) in [4.78, 5) is 4.29. The fourth-order valence-corrected chi connectivity index (χ4v) is 2.54. The number of hydrogen-bond donors (Lipinski definition) is 0. The van der Waals surface area contributed by atoms with E-state index in [4.69, 9.17) is 27.9 Å². The molecule has 0 unspecified atom stereocenters. The van der Waals surface area contributed by atoms with E-state index < -0.39 is 5.82 Å². The summed E-state index contributed by atoms with van der Waals surface area (Å²) >= 11 is 12.8. The molecule has 0 bridgehead atoms. The largest absolute Gasteiger partial charge is 0.490 e. The van der Waals surface area contributed by atoms with Crippen molar-refractivity contribution in [1.82, 2.24) is 4.98 Å². The maximum Gasteiger partial charge on any atom is 0.183 e. The normalized spacial score (nSPS) is 10.6. The fraction of sp³-hybridized carbons (Fsp3) is 0.250. The van der Waals surface area contributed by atoms with Gasteiger partial charge >= 0.3 is 0 Å². The molecule has 0 atom stereocenters. The van der Waals surface area contributed by atoms with Crippen LogP contribution in [0.4, 0.5) is 4.39 Å². The predicted molar refractivity (Wildman–Crippen MR) is 72.3 cm³/mol. The summed E-state index contributed by atoms with van der Waals surface area (Å²) in [6.07, 6.45) is 0.619. The maximum atomic E-state index is 13.5. The number of aromatic nitrogens is 1. The highest BCUT2D eigenvalue weighted by Crippen LogP contribution is 2.24. The molecule has 0 fully saturated rings. The molecule has 2 aromatic rings. The van der Waals surface area contributed by atoms with Crippen LogP contribution in [0.15, 0.2) is 23.6 Å². The topological polar surface area (TPSA) is 22.1 Å². The van der Waals surface area contributed by atoms with Gasteiger partial charge in [0.25, 0.3) is 0 Å². The Labute approximate surface area is 118 Å². The molecule has 6 heteroatoms. The first-order chi connectivity index (χ1) is 8.70. The lowest BCUT2D eigenvalue weighted by Crippen LogP contribution is -2.02. The maximum absolute atomic E-state index is 13.5. The lowest BCUT2D eigenvalue weighted by molar-refractivity contribution is 0.305. The Morgan fingerprint density at radius 3 is 2.94 bits per heavy atom. The number of benzene rings is 1. The Morgan fingerprint density at radius 1 is 1.39 bits per heavy atom. The van der Waals surface area contributed by atoms with E-state index in [1.165, 1.54) is 17.4 Å². The van der Waals surface area contributed by atoms with Gasteiger partial charge in [-0.25, -0.2) is 9.37 Å². The SMILES string of the molecule is Fc1c(Cl)cccc1OCCc1nc(CCl)cs1. The molecule has 0 saturated heterocycles. The molecule has 18 heavy (non-hydrogen) atoms. The van der Waals surface area contributed by atoms with E-state index in [2.05, 4.69) is 4.98 Å². The van der Waals surface area contributed by atoms with Crippen molar-refractivity contribution in [3.8, 4) is 5.75 Å². The van der Waals surface area contributed by atoms with E-state index >= 15 is 0 Å². The number of hydrogen-bond acceptors (Lipinski definition) is 3. The number of ether oxygens (including phenoxy) is 1. The van der Waals surface area contributed by atoms with Gasteiger partial charge in [-0.15, -0.1) is 22.9 Å². The first kappa shape index (κ1) is 13.6. The van der Waals surface area contributed by atoms with Gasteiger partial charge in [0, 0.05) is 11.8 Å². The second-order valence-corrected chi connectivity index (χ2v) is 5.13. The molecule has 1 aromatic heterocycles. The standard InChI is InChI=1S/C12H10Cl2FNOS/c13-6-8-7-18-11(16-8)4-5-17-10-3-1-2-9(14)12(10)15/h1-3,7H,4-6H2. The van der Waals surface area contributed by atoms with Gasteiger partial charge in [-0.1, -0.05) is 17.7 Å². The minimum Gasteiger partial charge on any atom is -0.490 e. The summed E-state index contributed by atoms with van der Waals surface area (Å²) < 4.78 is 18.8. The van der Waals surface area contributed by atoms with Crippen LogP contribution in [0.25, 0.3) is 0 Å². The number of halogens is 3. The Balaban J connectivity index is 1.90. The van der Waals surface area contributed by atoms with Crippen molar-refractivity contribution in [2.24, 2.45) is 0 Å². The van der Waals surface area contributed by atoms with E-state index in [0.717, 1.165) is 10.7 Å². The Hall–Kier alpha value is -0.840. The van der Waals surface area contributed by atoms with E-state index in [9.17, 15) is 4.39 Å². The molecule has 2 rings (SSSR count). The molecule has 0 radical (unpaired) electrons. The number of nitrogens with zero attached hydrogens (tertiary/aromatic N) is 1. The third kappa shape index (κ3) is 3.34. The van der Waals surface area contributed by atoms with Crippen LogP contribution in [0.2, 0.25) is 5.02 Å². The van der Waals surface area contributed by atoms with Crippen molar-refractivity contribution < 1.29 is 9.13 Å². The van der Waals surface area contributed by atoms with Gasteiger partial charge in [-0.3, -0.25) is 0 Å². The second-order valence-electron chi connectivity index (χ2n) is 3.52. The third-order valence-corrected chi connectivity index (χ3v) is 3.75. The lowest BCUT2D eigenvalue weighted by atomic mass is 10.3. The monoisotopic (exact) mass is 305 g/mol. The average Bonchev–Trinajstić information content (AvgIpc) is 2.82. The summed E-state index contributed by atoms with van der Waals surface area (Å²) in [5.41, 5.74) is 0.852. The van der Waals surface area contributed by atoms with Crippen molar-refractivity contribution in [2.45, 2.75) is 12.3 Å². The summed E-state index contributed by atoms with van der Waals surface area (Å²) in [5.74, 6) is 0.0386. The molecule has 0 N–H and O–H groups in total. The zero-order valence-corrected chi connectivity index (χ0v) is 11.7. The van der Waals surface area contributed by atoms with Gasteiger partial charge in [-0.05, 0) is 12.1 Å². The predicted octanol–water partition coefficient (Wildman–Crippen LogP) is 4.30. The Kier molecular flexibility index (Phi) is 4.80. The van der Waals surface area contributed by atoms with Crippen LogP contribution in [0.3, 0.4) is 0 Å². The highest BCUT2D eigenvalue weighted by Gasteiger charge is 2.07. The summed E-state index contributed by atoms with van der Waals surface area (Å²) in [6, 6.07) is 4.68. The second kappa shape index (κ2) is 6.36. The van der Waals surface area contributed by atoms with Crippen LogP contribution in [0.5, 0.6) is 5.75 Å². The van der Waals surface area contributed by atoms with E-state index in [1.54, 1.807) is 12.1 Å². The van der Waals surface area contributed by atoms with Crippen LogP contribution >= 0.6 is 34.5 Å². The molecule has 1 aromatic carbocycles. The number of alkyl halides is 1. The Morgan fingerprint density at radius 2 is 2.22 bits per heavy atom.